The zero-order chi connectivity index (χ0) is 18.6. The van der Waals surface area contributed by atoms with E-state index in [-0.39, 0.29) is 17.9 Å². The average molecular weight is 363 g/mol. The van der Waals surface area contributed by atoms with E-state index in [0.29, 0.717) is 12.6 Å². The molecule has 1 aliphatic carbocycles. The summed E-state index contributed by atoms with van der Waals surface area (Å²) in [6, 6.07) is 18.2. The van der Waals surface area contributed by atoms with Gasteiger partial charge in [0.1, 0.15) is 0 Å². The number of nitrogens with one attached hydrogen (secondary N) is 2. The Hall–Kier alpha value is -2.82. The monoisotopic (exact) mass is 363 g/mol. The first-order valence-electron chi connectivity index (χ1n) is 9.71. The van der Waals surface area contributed by atoms with Gasteiger partial charge in [-0.2, -0.15) is 0 Å². The van der Waals surface area contributed by atoms with Crippen molar-refractivity contribution in [2.75, 3.05) is 18.4 Å². The molecule has 140 valence electrons. The van der Waals surface area contributed by atoms with Crippen molar-refractivity contribution < 1.29 is 9.59 Å². The fraction of sp³-hybridized carbons (Fsp3) is 0.364. The van der Waals surface area contributed by atoms with Crippen molar-refractivity contribution >= 4 is 17.6 Å². The van der Waals surface area contributed by atoms with E-state index in [9.17, 15) is 9.59 Å². The minimum Gasteiger partial charge on any atom is -0.335 e. The van der Waals surface area contributed by atoms with Crippen LogP contribution in [0.15, 0.2) is 54.6 Å². The minimum atomic E-state index is -0.174. The first-order valence-corrected chi connectivity index (χ1v) is 9.71. The molecule has 5 heteroatoms. The molecule has 2 aliphatic rings. The molecule has 1 aliphatic heterocycles. The number of anilines is 1. The van der Waals surface area contributed by atoms with E-state index in [2.05, 4.69) is 10.6 Å². The number of hydrogen-bond donors (Lipinski definition) is 2. The third-order valence-electron chi connectivity index (χ3n) is 5.25. The number of benzene rings is 2. The molecular formula is C22H25N3O2. The van der Waals surface area contributed by atoms with Crippen LogP contribution in [0.3, 0.4) is 0 Å². The normalized spacial score (nSPS) is 19.4. The summed E-state index contributed by atoms with van der Waals surface area (Å²) in [6.07, 6.45) is 3.81. The summed E-state index contributed by atoms with van der Waals surface area (Å²) < 4.78 is 0. The molecule has 0 spiro atoms. The van der Waals surface area contributed by atoms with Crippen LogP contribution in [0.2, 0.25) is 0 Å². The molecule has 3 amide bonds. The lowest BCUT2D eigenvalue weighted by Crippen LogP contribution is -2.48. The van der Waals surface area contributed by atoms with E-state index < -0.39 is 0 Å². The molecule has 27 heavy (non-hydrogen) atoms. The highest BCUT2D eigenvalue weighted by Crippen LogP contribution is 2.29. The summed E-state index contributed by atoms with van der Waals surface area (Å²) in [7, 11) is 0. The molecule has 1 atom stereocenters. The third-order valence-corrected chi connectivity index (χ3v) is 5.25. The molecule has 0 aromatic heterocycles. The number of urea groups is 1. The largest absolute Gasteiger partial charge is 0.335 e. The Morgan fingerprint density at radius 2 is 1.67 bits per heavy atom. The van der Waals surface area contributed by atoms with Gasteiger partial charge in [-0.05, 0) is 37.3 Å². The maximum absolute atomic E-state index is 12.9. The highest BCUT2D eigenvalue weighted by atomic mass is 16.2. The van der Waals surface area contributed by atoms with E-state index in [1.165, 1.54) is 0 Å². The predicted molar refractivity (Wildman–Crippen MR) is 106 cm³/mol. The average Bonchev–Trinajstić information content (AvgIpc) is 3.53. The van der Waals surface area contributed by atoms with Crippen LogP contribution >= 0.6 is 0 Å². The summed E-state index contributed by atoms with van der Waals surface area (Å²) in [4.78, 5) is 27.0. The van der Waals surface area contributed by atoms with E-state index in [1.54, 1.807) is 4.90 Å². The van der Waals surface area contributed by atoms with E-state index in [4.69, 9.17) is 0 Å². The van der Waals surface area contributed by atoms with Gasteiger partial charge in [0, 0.05) is 30.4 Å². The second-order valence-corrected chi connectivity index (χ2v) is 7.41. The topological polar surface area (TPSA) is 61.4 Å². The molecule has 5 nitrogen and oxygen atoms in total. The standard InChI is InChI=1S/C22H25N3O2/c26-21(17-9-6-14-25(15-17)22(27)23-18-12-13-18)24-20-11-5-4-10-19(20)16-7-2-1-3-8-16/h1-5,7-8,10-11,17-18H,6,9,12-15H2,(H,23,27)(H,24,26). The van der Waals surface area contributed by atoms with Gasteiger partial charge in [-0.3, -0.25) is 4.79 Å². The lowest BCUT2D eigenvalue weighted by molar-refractivity contribution is -0.121. The number of hydrogen-bond acceptors (Lipinski definition) is 2. The van der Waals surface area contributed by atoms with Gasteiger partial charge < -0.3 is 15.5 Å². The molecule has 2 aromatic rings. The Kier molecular flexibility index (Phi) is 5.10. The molecule has 1 unspecified atom stereocenters. The van der Waals surface area contributed by atoms with E-state index in [0.717, 1.165) is 49.0 Å². The summed E-state index contributed by atoms with van der Waals surface area (Å²) in [5.74, 6) is -0.185. The highest BCUT2D eigenvalue weighted by molar-refractivity contribution is 5.97. The number of nitrogens with zero attached hydrogens (tertiary/aromatic N) is 1. The number of carbonyl (C=O) groups excluding carboxylic acids is 2. The molecule has 1 saturated heterocycles. The first kappa shape index (κ1) is 17.6. The van der Waals surface area contributed by atoms with Crippen molar-refractivity contribution in [2.45, 2.75) is 31.7 Å². The van der Waals surface area contributed by atoms with Crippen molar-refractivity contribution in [1.29, 1.82) is 0 Å². The summed E-state index contributed by atoms with van der Waals surface area (Å²) in [5.41, 5.74) is 2.89. The zero-order valence-corrected chi connectivity index (χ0v) is 15.4. The van der Waals surface area contributed by atoms with Crippen LogP contribution in [0.25, 0.3) is 11.1 Å². The second kappa shape index (κ2) is 7.82. The van der Waals surface area contributed by atoms with Crippen molar-refractivity contribution in [2.24, 2.45) is 5.92 Å². The van der Waals surface area contributed by atoms with Crippen molar-refractivity contribution in [3.05, 3.63) is 54.6 Å². The Morgan fingerprint density at radius 3 is 2.44 bits per heavy atom. The summed E-state index contributed by atoms with van der Waals surface area (Å²) in [5, 5.41) is 6.11. The summed E-state index contributed by atoms with van der Waals surface area (Å²) in [6.45, 7) is 1.21. The Balaban J connectivity index is 1.44. The summed E-state index contributed by atoms with van der Waals surface area (Å²) >= 11 is 0. The van der Waals surface area contributed by atoms with Crippen LogP contribution in [0, 0.1) is 5.92 Å². The minimum absolute atomic E-state index is 0.0118. The SMILES string of the molecule is O=C(Nc1ccccc1-c1ccccc1)C1CCCN(C(=O)NC2CC2)C1. The molecule has 0 radical (unpaired) electrons. The maximum Gasteiger partial charge on any atom is 0.317 e. The van der Waals surface area contributed by atoms with Gasteiger partial charge >= 0.3 is 6.03 Å². The van der Waals surface area contributed by atoms with Gasteiger partial charge in [0.05, 0.1) is 5.92 Å². The Bertz CT molecular complexity index is 817. The molecular weight excluding hydrogens is 338 g/mol. The fourth-order valence-electron chi connectivity index (χ4n) is 3.57. The van der Waals surface area contributed by atoms with Crippen LogP contribution in [0.5, 0.6) is 0 Å². The molecule has 1 heterocycles. The van der Waals surface area contributed by atoms with Gasteiger partial charge in [-0.1, -0.05) is 48.5 Å². The van der Waals surface area contributed by atoms with Crippen LogP contribution in [0.4, 0.5) is 10.5 Å². The third kappa shape index (κ3) is 4.30. The zero-order valence-electron chi connectivity index (χ0n) is 15.4. The number of likely N-dealkylation sites (tertiary alicyclic amines) is 1. The van der Waals surface area contributed by atoms with Gasteiger partial charge in [-0.15, -0.1) is 0 Å². The molecule has 2 N–H and O–H groups in total. The molecule has 2 fully saturated rings. The second-order valence-electron chi connectivity index (χ2n) is 7.41. The van der Waals surface area contributed by atoms with E-state index in [1.807, 2.05) is 54.6 Å². The van der Waals surface area contributed by atoms with Crippen LogP contribution in [-0.2, 0) is 4.79 Å². The Morgan fingerprint density at radius 1 is 0.926 bits per heavy atom. The van der Waals surface area contributed by atoms with Crippen molar-refractivity contribution in [1.82, 2.24) is 10.2 Å². The van der Waals surface area contributed by atoms with Gasteiger partial charge in [-0.25, -0.2) is 4.79 Å². The van der Waals surface area contributed by atoms with E-state index >= 15 is 0 Å². The Labute approximate surface area is 159 Å². The highest BCUT2D eigenvalue weighted by Gasteiger charge is 2.31. The van der Waals surface area contributed by atoms with Gasteiger partial charge in [0.15, 0.2) is 0 Å². The number of amides is 3. The predicted octanol–water partition coefficient (Wildman–Crippen LogP) is 3.88. The molecule has 2 aromatic carbocycles. The number of piperidine rings is 1. The smallest absolute Gasteiger partial charge is 0.317 e. The van der Waals surface area contributed by atoms with Crippen LogP contribution < -0.4 is 10.6 Å². The molecule has 0 bridgehead atoms. The molecule has 4 rings (SSSR count). The van der Waals surface area contributed by atoms with Crippen LogP contribution in [-0.4, -0.2) is 36.0 Å². The van der Waals surface area contributed by atoms with Gasteiger partial charge in [0.2, 0.25) is 5.91 Å². The lowest BCUT2D eigenvalue weighted by Gasteiger charge is -2.32. The van der Waals surface area contributed by atoms with Crippen molar-refractivity contribution in [3.63, 3.8) is 0 Å². The fourth-order valence-corrected chi connectivity index (χ4v) is 3.57. The first-order chi connectivity index (χ1) is 13.2. The quantitative estimate of drug-likeness (QED) is 0.866. The van der Waals surface area contributed by atoms with Crippen molar-refractivity contribution in [3.8, 4) is 11.1 Å². The number of para-hydroxylation sites is 1. The maximum atomic E-state index is 12.9. The van der Waals surface area contributed by atoms with Crippen LogP contribution in [0.1, 0.15) is 25.7 Å². The lowest BCUT2D eigenvalue weighted by atomic mass is 9.96. The number of rotatable bonds is 4. The molecule has 1 saturated carbocycles. The number of carbonyl (C=O) groups is 2. The van der Waals surface area contributed by atoms with Gasteiger partial charge in [0.25, 0.3) is 0 Å².